The van der Waals surface area contributed by atoms with Gasteiger partial charge in [0.2, 0.25) is 0 Å². The van der Waals surface area contributed by atoms with E-state index in [4.69, 9.17) is 0 Å². The zero-order valence-corrected chi connectivity index (χ0v) is 14.0. The van der Waals surface area contributed by atoms with Gasteiger partial charge in [0, 0.05) is 10.5 Å². The minimum Gasteiger partial charge on any atom is -0.151 e. The first kappa shape index (κ1) is 15.5. The van der Waals surface area contributed by atoms with Crippen LogP contribution < -0.4 is 0 Å². The quantitative estimate of drug-likeness (QED) is 0.514. The molecule has 0 spiro atoms. The molecule has 2 aliphatic rings. The molecule has 0 amide bonds. The maximum Gasteiger partial charge on any atom is 0.0145 e. The van der Waals surface area contributed by atoms with E-state index >= 15 is 0 Å². The van der Waals surface area contributed by atoms with Crippen LogP contribution in [0.2, 0.25) is 0 Å². The van der Waals surface area contributed by atoms with E-state index in [9.17, 15) is 0 Å². The molecule has 1 heterocycles. The third-order valence-corrected chi connectivity index (χ3v) is 6.58. The van der Waals surface area contributed by atoms with E-state index in [1.165, 1.54) is 63.5 Å². The summed E-state index contributed by atoms with van der Waals surface area (Å²) in [4.78, 5) is 0. The van der Waals surface area contributed by atoms with Crippen LogP contribution in [0.5, 0.6) is 0 Å². The van der Waals surface area contributed by atoms with Crippen LogP contribution in [0.15, 0.2) is 11.6 Å². The number of hydrogen-bond donors (Lipinski definition) is 0. The van der Waals surface area contributed by atoms with Crippen molar-refractivity contribution in [3.05, 3.63) is 11.6 Å². The van der Waals surface area contributed by atoms with E-state index in [0.717, 1.165) is 11.8 Å². The van der Waals surface area contributed by atoms with Crippen molar-refractivity contribution >= 4 is 11.8 Å². The van der Waals surface area contributed by atoms with Crippen molar-refractivity contribution in [2.75, 3.05) is 5.75 Å². The highest BCUT2D eigenvalue weighted by atomic mass is 32.2. The lowest BCUT2D eigenvalue weighted by molar-refractivity contribution is 0.239. The molecule has 110 valence electrons. The summed E-state index contributed by atoms with van der Waals surface area (Å²) in [6, 6.07) is 0. The topological polar surface area (TPSA) is 0 Å². The fraction of sp³-hybridized carbons (Fsp3) is 0.889. The second-order valence-corrected chi connectivity index (χ2v) is 9.09. The van der Waals surface area contributed by atoms with Gasteiger partial charge in [0.25, 0.3) is 0 Å². The van der Waals surface area contributed by atoms with Gasteiger partial charge in [0.1, 0.15) is 0 Å². The van der Waals surface area contributed by atoms with Crippen LogP contribution in [-0.2, 0) is 0 Å². The maximum atomic E-state index is 2.55. The van der Waals surface area contributed by atoms with Crippen LogP contribution in [0.3, 0.4) is 0 Å². The minimum absolute atomic E-state index is 0.475. The molecule has 0 aromatic rings. The Hall–Kier alpha value is 0.0900. The zero-order chi connectivity index (χ0) is 13.7. The first-order valence-electron chi connectivity index (χ1n) is 8.36. The summed E-state index contributed by atoms with van der Waals surface area (Å²) in [5.41, 5.74) is 1.61. The summed E-state index contributed by atoms with van der Waals surface area (Å²) < 4.78 is 0.475. The molecule has 0 aromatic carbocycles. The monoisotopic (exact) mass is 280 g/mol. The highest BCUT2D eigenvalue weighted by Gasteiger charge is 2.30. The van der Waals surface area contributed by atoms with Crippen molar-refractivity contribution < 1.29 is 0 Å². The maximum absolute atomic E-state index is 2.55. The van der Waals surface area contributed by atoms with Crippen LogP contribution in [0.1, 0.15) is 78.6 Å². The molecule has 1 aliphatic carbocycles. The predicted molar refractivity (Wildman–Crippen MR) is 88.8 cm³/mol. The van der Waals surface area contributed by atoms with Crippen molar-refractivity contribution in [3.8, 4) is 0 Å². The highest BCUT2D eigenvalue weighted by molar-refractivity contribution is 8.00. The molecule has 0 N–H and O–H groups in total. The molecule has 0 unspecified atom stereocenters. The Labute approximate surface area is 124 Å². The highest BCUT2D eigenvalue weighted by Crippen LogP contribution is 2.41. The minimum atomic E-state index is 0.475. The first-order chi connectivity index (χ1) is 9.07. The van der Waals surface area contributed by atoms with Crippen molar-refractivity contribution in [3.63, 3.8) is 0 Å². The normalized spacial score (nSPS) is 30.7. The zero-order valence-electron chi connectivity index (χ0n) is 13.2. The Morgan fingerprint density at radius 1 is 1.00 bits per heavy atom. The summed E-state index contributed by atoms with van der Waals surface area (Å²) in [7, 11) is 0. The molecule has 0 saturated heterocycles. The molecule has 1 heteroatoms. The Morgan fingerprint density at radius 2 is 1.63 bits per heavy atom. The van der Waals surface area contributed by atoms with Gasteiger partial charge < -0.3 is 0 Å². The van der Waals surface area contributed by atoms with Gasteiger partial charge in [-0.3, -0.25) is 0 Å². The lowest BCUT2D eigenvalue weighted by atomic mass is 9.76. The van der Waals surface area contributed by atoms with Gasteiger partial charge in [-0.15, -0.1) is 0 Å². The van der Waals surface area contributed by atoms with Crippen LogP contribution in [-0.4, -0.2) is 10.5 Å². The molecule has 0 aromatic heterocycles. The molecule has 1 atom stereocenters. The van der Waals surface area contributed by atoms with Crippen LogP contribution >= 0.6 is 11.8 Å². The Balaban J connectivity index is 2.03. The smallest absolute Gasteiger partial charge is 0.0145 e. The van der Waals surface area contributed by atoms with E-state index in [1.54, 1.807) is 5.57 Å². The molecular weight excluding hydrogens is 248 g/mol. The summed E-state index contributed by atoms with van der Waals surface area (Å²) in [5, 5.41) is 0. The molecule has 0 nitrogen and oxygen atoms in total. The SMILES string of the molecule is CC1=CC[C@@H](C2CCCCCCC2)CC(C)(C)SC1. The molecule has 0 radical (unpaired) electrons. The van der Waals surface area contributed by atoms with Crippen LogP contribution in [0.4, 0.5) is 0 Å². The average molecular weight is 281 g/mol. The van der Waals surface area contributed by atoms with Gasteiger partial charge in [-0.1, -0.05) is 70.4 Å². The summed E-state index contributed by atoms with van der Waals surface area (Å²) in [5.74, 6) is 3.18. The van der Waals surface area contributed by atoms with E-state index < -0.39 is 0 Å². The number of hydrogen-bond acceptors (Lipinski definition) is 1. The van der Waals surface area contributed by atoms with Gasteiger partial charge in [0.05, 0.1) is 0 Å². The second kappa shape index (κ2) is 7.20. The van der Waals surface area contributed by atoms with Crippen LogP contribution in [0, 0.1) is 11.8 Å². The standard InChI is InChI=1S/C18H32S/c1-15-11-12-17(13-18(2,3)19-14-15)16-9-7-5-4-6-8-10-16/h11,16-17H,4-10,12-14H2,1-3H3/t17-/m1/s1. The molecule has 2 rings (SSSR count). The van der Waals surface area contributed by atoms with Crippen molar-refractivity contribution in [2.45, 2.75) is 83.3 Å². The van der Waals surface area contributed by atoms with Gasteiger partial charge in [-0.2, -0.15) is 11.8 Å². The molecule has 1 aliphatic heterocycles. The molecular formula is C18H32S. The second-order valence-electron chi connectivity index (χ2n) is 7.40. The number of rotatable bonds is 1. The summed E-state index contributed by atoms with van der Waals surface area (Å²) in [6.45, 7) is 7.25. The van der Waals surface area contributed by atoms with E-state index in [1.807, 2.05) is 0 Å². The van der Waals surface area contributed by atoms with Crippen LogP contribution in [0.25, 0.3) is 0 Å². The fourth-order valence-electron chi connectivity index (χ4n) is 3.81. The number of thioether (sulfide) groups is 1. The Bertz CT molecular complexity index is 295. The summed E-state index contributed by atoms with van der Waals surface area (Å²) in [6.07, 6.45) is 15.7. The summed E-state index contributed by atoms with van der Waals surface area (Å²) >= 11 is 2.17. The van der Waals surface area contributed by atoms with E-state index in [-0.39, 0.29) is 0 Å². The third kappa shape index (κ3) is 5.17. The van der Waals surface area contributed by atoms with E-state index in [2.05, 4.69) is 38.6 Å². The third-order valence-electron chi connectivity index (χ3n) is 5.03. The number of allylic oxidation sites excluding steroid dienone is 1. The fourth-order valence-corrected chi connectivity index (χ4v) is 4.88. The van der Waals surface area contributed by atoms with Gasteiger partial charge in [-0.25, -0.2) is 0 Å². The molecule has 19 heavy (non-hydrogen) atoms. The van der Waals surface area contributed by atoms with Gasteiger partial charge in [-0.05, 0) is 31.6 Å². The molecule has 0 bridgehead atoms. The van der Waals surface area contributed by atoms with Crippen molar-refractivity contribution in [2.24, 2.45) is 11.8 Å². The van der Waals surface area contributed by atoms with Gasteiger partial charge in [0.15, 0.2) is 0 Å². The van der Waals surface area contributed by atoms with Crippen molar-refractivity contribution in [1.29, 1.82) is 0 Å². The average Bonchev–Trinajstić information content (AvgIpc) is 2.30. The van der Waals surface area contributed by atoms with Gasteiger partial charge >= 0.3 is 0 Å². The van der Waals surface area contributed by atoms with Crippen molar-refractivity contribution in [1.82, 2.24) is 0 Å². The van der Waals surface area contributed by atoms with E-state index in [0.29, 0.717) is 4.75 Å². The lowest BCUT2D eigenvalue weighted by Gasteiger charge is -2.36. The predicted octanol–water partition coefficient (Wildman–Crippen LogP) is 6.22. The largest absolute Gasteiger partial charge is 0.151 e. The lowest BCUT2D eigenvalue weighted by Crippen LogP contribution is -2.27. The Kier molecular flexibility index (Phi) is 5.87. The molecule has 1 fully saturated rings. The Morgan fingerprint density at radius 3 is 2.32 bits per heavy atom. The first-order valence-corrected chi connectivity index (χ1v) is 9.35. The molecule has 1 saturated carbocycles.